The molecule has 0 aliphatic carbocycles. The SMILES string of the molecule is FC(F)(F)c1cccc(N2CCN(CC3OCCO3)CC2)c1. The van der Waals surface area contributed by atoms with Crippen molar-refractivity contribution in [2.75, 3.05) is 50.8 Å². The number of anilines is 1. The van der Waals surface area contributed by atoms with Gasteiger partial charge in [0.25, 0.3) is 0 Å². The van der Waals surface area contributed by atoms with Crippen molar-refractivity contribution in [1.29, 1.82) is 0 Å². The lowest BCUT2D eigenvalue weighted by Gasteiger charge is -2.36. The summed E-state index contributed by atoms with van der Waals surface area (Å²) in [6, 6.07) is 5.52. The maximum atomic E-state index is 12.8. The van der Waals surface area contributed by atoms with E-state index in [1.165, 1.54) is 12.1 Å². The zero-order chi connectivity index (χ0) is 15.6. The van der Waals surface area contributed by atoms with Gasteiger partial charge >= 0.3 is 6.18 Å². The molecule has 7 heteroatoms. The highest BCUT2D eigenvalue weighted by Crippen LogP contribution is 2.31. The van der Waals surface area contributed by atoms with Crippen molar-refractivity contribution in [1.82, 2.24) is 4.90 Å². The number of benzene rings is 1. The molecule has 1 aromatic rings. The van der Waals surface area contributed by atoms with Crippen LogP contribution in [0.2, 0.25) is 0 Å². The largest absolute Gasteiger partial charge is 0.416 e. The molecule has 122 valence electrons. The average Bonchev–Trinajstić information content (AvgIpc) is 3.00. The number of ether oxygens (including phenoxy) is 2. The molecule has 0 amide bonds. The van der Waals surface area contributed by atoms with Gasteiger partial charge in [0.05, 0.1) is 18.8 Å². The van der Waals surface area contributed by atoms with Crippen LogP contribution in [-0.2, 0) is 15.7 Å². The minimum atomic E-state index is -4.30. The maximum Gasteiger partial charge on any atom is 0.416 e. The van der Waals surface area contributed by atoms with Crippen LogP contribution in [0, 0.1) is 0 Å². The van der Waals surface area contributed by atoms with Crippen LogP contribution in [-0.4, -0.2) is 57.1 Å². The standard InChI is InChI=1S/C15H19F3N2O2/c16-15(17,18)12-2-1-3-13(10-12)20-6-4-19(5-7-20)11-14-21-8-9-22-14/h1-3,10,14H,4-9,11H2. The molecule has 0 radical (unpaired) electrons. The van der Waals surface area contributed by atoms with E-state index in [0.717, 1.165) is 25.7 Å². The summed E-state index contributed by atoms with van der Waals surface area (Å²) in [6.45, 7) is 4.97. The van der Waals surface area contributed by atoms with Crippen LogP contribution in [0.3, 0.4) is 0 Å². The van der Waals surface area contributed by atoms with Crippen LogP contribution in [0.15, 0.2) is 24.3 Å². The Morgan fingerprint density at radius 3 is 2.36 bits per heavy atom. The Labute approximate surface area is 127 Å². The molecule has 2 heterocycles. The number of rotatable bonds is 3. The van der Waals surface area contributed by atoms with Crippen molar-refractivity contribution in [2.24, 2.45) is 0 Å². The van der Waals surface area contributed by atoms with E-state index in [1.807, 2.05) is 4.90 Å². The molecule has 2 aliphatic rings. The van der Waals surface area contributed by atoms with Crippen molar-refractivity contribution in [3.63, 3.8) is 0 Å². The third-order valence-electron chi connectivity index (χ3n) is 4.01. The summed E-state index contributed by atoms with van der Waals surface area (Å²) >= 11 is 0. The second-order valence-corrected chi connectivity index (χ2v) is 5.51. The maximum absolute atomic E-state index is 12.8. The fourth-order valence-corrected chi connectivity index (χ4v) is 2.79. The number of hydrogen-bond donors (Lipinski definition) is 0. The first-order valence-corrected chi connectivity index (χ1v) is 7.40. The van der Waals surface area contributed by atoms with Crippen LogP contribution < -0.4 is 4.90 Å². The molecule has 2 saturated heterocycles. The molecule has 2 aliphatic heterocycles. The molecule has 0 N–H and O–H groups in total. The first-order chi connectivity index (χ1) is 10.5. The first-order valence-electron chi connectivity index (χ1n) is 7.40. The molecule has 3 rings (SSSR count). The van der Waals surface area contributed by atoms with Crippen molar-refractivity contribution < 1.29 is 22.6 Å². The second kappa shape index (κ2) is 6.44. The molecule has 1 aromatic carbocycles. The van der Waals surface area contributed by atoms with Gasteiger partial charge in [0, 0.05) is 38.4 Å². The van der Waals surface area contributed by atoms with Crippen LogP contribution in [0.4, 0.5) is 18.9 Å². The van der Waals surface area contributed by atoms with E-state index in [-0.39, 0.29) is 6.29 Å². The Balaban J connectivity index is 1.57. The van der Waals surface area contributed by atoms with E-state index >= 15 is 0 Å². The van der Waals surface area contributed by atoms with Gasteiger partial charge in [-0.15, -0.1) is 0 Å². The third-order valence-corrected chi connectivity index (χ3v) is 4.01. The van der Waals surface area contributed by atoms with Crippen LogP contribution in [0.25, 0.3) is 0 Å². The third kappa shape index (κ3) is 3.71. The zero-order valence-corrected chi connectivity index (χ0v) is 12.2. The number of hydrogen-bond acceptors (Lipinski definition) is 4. The first kappa shape index (κ1) is 15.6. The van der Waals surface area contributed by atoms with Crippen molar-refractivity contribution in [3.8, 4) is 0 Å². The predicted molar refractivity (Wildman–Crippen MR) is 75.8 cm³/mol. The Hall–Kier alpha value is -1.31. The fraction of sp³-hybridized carbons (Fsp3) is 0.600. The van der Waals surface area contributed by atoms with E-state index in [9.17, 15) is 13.2 Å². The molecule has 0 bridgehead atoms. The van der Waals surface area contributed by atoms with Gasteiger partial charge in [-0.2, -0.15) is 13.2 Å². The zero-order valence-electron chi connectivity index (χ0n) is 12.2. The molecule has 0 saturated carbocycles. The van der Waals surface area contributed by atoms with Gasteiger partial charge in [0.15, 0.2) is 6.29 Å². The van der Waals surface area contributed by atoms with E-state index in [2.05, 4.69) is 4.90 Å². The smallest absolute Gasteiger partial charge is 0.369 e. The van der Waals surface area contributed by atoms with Gasteiger partial charge in [-0.05, 0) is 18.2 Å². The van der Waals surface area contributed by atoms with E-state index in [1.54, 1.807) is 6.07 Å². The monoisotopic (exact) mass is 316 g/mol. The molecule has 0 spiro atoms. The molecule has 0 atom stereocenters. The number of halogens is 3. The van der Waals surface area contributed by atoms with E-state index in [4.69, 9.17) is 9.47 Å². The highest BCUT2D eigenvalue weighted by atomic mass is 19.4. The average molecular weight is 316 g/mol. The van der Waals surface area contributed by atoms with Crippen molar-refractivity contribution in [2.45, 2.75) is 12.5 Å². The van der Waals surface area contributed by atoms with Gasteiger partial charge < -0.3 is 14.4 Å². The topological polar surface area (TPSA) is 24.9 Å². The Kier molecular flexibility index (Phi) is 4.56. The molecule has 2 fully saturated rings. The highest BCUT2D eigenvalue weighted by Gasteiger charge is 2.31. The summed E-state index contributed by atoms with van der Waals surface area (Å²) in [6.07, 6.45) is -4.46. The summed E-state index contributed by atoms with van der Waals surface area (Å²) in [5.74, 6) is 0. The lowest BCUT2D eigenvalue weighted by molar-refractivity contribution is -0.137. The Morgan fingerprint density at radius 1 is 1.05 bits per heavy atom. The Bertz CT molecular complexity index is 496. The fourth-order valence-electron chi connectivity index (χ4n) is 2.79. The summed E-state index contributed by atoms with van der Waals surface area (Å²) in [5, 5.41) is 0. The molecular formula is C15H19F3N2O2. The summed E-state index contributed by atoms with van der Waals surface area (Å²) in [7, 11) is 0. The lowest BCUT2D eigenvalue weighted by atomic mass is 10.1. The summed E-state index contributed by atoms with van der Waals surface area (Å²) < 4.78 is 49.1. The van der Waals surface area contributed by atoms with E-state index in [0.29, 0.717) is 32.0 Å². The number of piperazine rings is 1. The normalized spacial score (nSPS) is 21.5. The second-order valence-electron chi connectivity index (χ2n) is 5.51. The van der Waals surface area contributed by atoms with Crippen LogP contribution in [0.5, 0.6) is 0 Å². The van der Waals surface area contributed by atoms with Crippen LogP contribution in [0.1, 0.15) is 5.56 Å². The Morgan fingerprint density at radius 2 is 1.73 bits per heavy atom. The molecule has 0 aromatic heterocycles. The molecular weight excluding hydrogens is 297 g/mol. The predicted octanol–water partition coefficient (Wildman–Crippen LogP) is 2.20. The molecule has 0 unspecified atom stereocenters. The number of alkyl halides is 3. The van der Waals surface area contributed by atoms with Crippen molar-refractivity contribution >= 4 is 5.69 Å². The quantitative estimate of drug-likeness (QED) is 0.853. The minimum absolute atomic E-state index is 0.167. The summed E-state index contributed by atoms with van der Waals surface area (Å²) in [4.78, 5) is 4.21. The number of nitrogens with zero attached hydrogens (tertiary/aromatic N) is 2. The van der Waals surface area contributed by atoms with E-state index < -0.39 is 11.7 Å². The van der Waals surface area contributed by atoms with Gasteiger partial charge in [0.1, 0.15) is 0 Å². The van der Waals surface area contributed by atoms with Gasteiger partial charge in [-0.3, -0.25) is 4.90 Å². The lowest BCUT2D eigenvalue weighted by Crippen LogP contribution is -2.48. The highest BCUT2D eigenvalue weighted by molar-refractivity contribution is 5.49. The van der Waals surface area contributed by atoms with Gasteiger partial charge in [-0.1, -0.05) is 6.07 Å². The van der Waals surface area contributed by atoms with Gasteiger partial charge in [0.2, 0.25) is 0 Å². The van der Waals surface area contributed by atoms with Crippen LogP contribution >= 0.6 is 0 Å². The van der Waals surface area contributed by atoms with Gasteiger partial charge in [-0.25, -0.2) is 0 Å². The summed E-state index contributed by atoms with van der Waals surface area (Å²) in [5.41, 5.74) is 0.0306. The minimum Gasteiger partial charge on any atom is -0.369 e. The molecule has 4 nitrogen and oxygen atoms in total. The molecule has 22 heavy (non-hydrogen) atoms. The van der Waals surface area contributed by atoms with Crippen molar-refractivity contribution in [3.05, 3.63) is 29.8 Å².